The van der Waals surface area contributed by atoms with Crippen molar-refractivity contribution >= 4 is 6.03 Å². The molecule has 4 rings (SSSR count). The maximum absolute atomic E-state index is 11.7. The Morgan fingerprint density at radius 3 is 1.96 bits per heavy atom. The number of rotatable bonds is 6. The third-order valence-corrected chi connectivity index (χ3v) is 7.05. The van der Waals surface area contributed by atoms with Crippen LogP contribution in [0.25, 0.3) is 0 Å². The topological polar surface area (TPSA) is 58.4 Å². The molecule has 0 aromatic heterocycles. The molecule has 0 saturated carbocycles. The molecule has 2 aromatic rings. The summed E-state index contributed by atoms with van der Waals surface area (Å²) in [5.41, 5.74) is 7.74. The molecule has 2 atom stereocenters. The number of hydrogen-bond donors (Lipinski definition) is 2. The van der Waals surface area contributed by atoms with Gasteiger partial charge in [0.15, 0.2) is 0 Å². The molecule has 0 aliphatic carbocycles. The highest BCUT2D eigenvalue weighted by Gasteiger charge is 2.43. The summed E-state index contributed by atoms with van der Waals surface area (Å²) >= 11 is 0. The molecule has 2 heterocycles. The van der Waals surface area contributed by atoms with Gasteiger partial charge < -0.3 is 16.0 Å². The van der Waals surface area contributed by atoms with E-state index in [0.717, 1.165) is 6.42 Å². The highest BCUT2D eigenvalue weighted by atomic mass is 16.2. The van der Waals surface area contributed by atoms with Crippen LogP contribution in [0, 0.1) is 5.92 Å². The molecule has 4 nitrogen and oxygen atoms in total. The summed E-state index contributed by atoms with van der Waals surface area (Å²) in [6.07, 6.45) is 6.15. The third kappa shape index (κ3) is 3.66. The van der Waals surface area contributed by atoms with Crippen LogP contribution in [0.3, 0.4) is 0 Å². The molecule has 2 saturated heterocycles. The van der Waals surface area contributed by atoms with E-state index in [-0.39, 0.29) is 5.41 Å². The highest BCUT2D eigenvalue weighted by Crippen LogP contribution is 2.45. The molecule has 2 aliphatic heterocycles. The van der Waals surface area contributed by atoms with Gasteiger partial charge in [0.2, 0.25) is 0 Å². The predicted octanol–water partition coefficient (Wildman–Crippen LogP) is 3.90. The standard InChI is InChI=1S/C24H31N3O/c1-27-21-12-13-22(27)15-18(14-21)16-24(17-26-23(25)28,19-8-4-2-5-9-19)20-10-6-3-7-11-20/h2-11,18,21-22H,12-17H2,1H3,(H3,25,26,28)/t21-,22-/m0/s1. The third-order valence-electron chi connectivity index (χ3n) is 7.05. The van der Waals surface area contributed by atoms with Crippen molar-refractivity contribution in [2.75, 3.05) is 13.6 Å². The first kappa shape index (κ1) is 19.0. The maximum Gasteiger partial charge on any atom is 0.312 e. The van der Waals surface area contributed by atoms with Crippen molar-refractivity contribution in [1.82, 2.24) is 10.2 Å². The van der Waals surface area contributed by atoms with Crippen LogP contribution >= 0.6 is 0 Å². The Balaban J connectivity index is 1.72. The predicted molar refractivity (Wildman–Crippen MR) is 113 cm³/mol. The second kappa shape index (κ2) is 7.96. The summed E-state index contributed by atoms with van der Waals surface area (Å²) in [7, 11) is 2.29. The van der Waals surface area contributed by atoms with Gasteiger partial charge in [0.05, 0.1) is 0 Å². The smallest absolute Gasteiger partial charge is 0.312 e. The molecule has 0 unspecified atom stereocenters. The number of fused-ring (bicyclic) bond motifs is 2. The zero-order valence-corrected chi connectivity index (χ0v) is 16.7. The summed E-state index contributed by atoms with van der Waals surface area (Å²) in [4.78, 5) is 14.3. The number of urea groups is 1. The van der Waals surface area contributed by atoms with Crippen LogP contribution < -0.4 is 11.1 Å². The fourth-order valence-electron chi connectivity index (χ4n) is 5.61. The van der Waals surface area contributed by atoms with E-state index in [9.17, 15) is 4.79 Å². The number of nitrogens with zero attached hydrogens (tertiary/aromatic N) is 1. The SMILES string of the molecule is CN1[C@H]2CC[C@H]1CC(CC(CNC(N)=O)(c1ccccc1)c1ccccc1)C2. The zero-order chi connectivity index (χ0) is 19.6. The number of nitrogens with two attached hydrogens (primary N) is 1. The number of nitrogens with one attached hydrogen (secondary N) is 1. The van der Waals surface area contributed by atoms with E-state index in [1.807, 2.05) is 0 Å². The van der Waals surface area contributed by atoms with Crippen LogP contribution in [-0.4, -0.2) is 36.6 Å². The minimum absolute atomic E-state index is 0.266. The minimum Gasteiger partial charge on any atom is -0.352 e. The summed E-state index contributed by atoms with van der Waals surface area (Å²) in [6, 6.07) is 22.2. The fraction of sp³-hybridized carbons (Fsp3) is 0.458. The molecule has 0 radical (unpaired) electrons. The van der Waals surface area contributed by atoms with E-state index in [0.29, 0.717) is 24.5 Å². The van der Waals surface area contributed by atoms with Crippen molar-refractivity contribution in [2.24, 2.45) is 11.7 Å². The molecule has 2 bridgehead atoms. The molecule has 2 aromatic carbocycles. The number of carbonyl (C=O) groups is 1. The number of primary amides is 1. The highest BCUT2D eigenvalue weighted by molar-refractivity contribution is 5.72. The van der Waals surface area contributed by atoms with Crippen molar-refractivity contribution in [2.45, 2.75) is 49.6 Å². The van der Waals surface area contributed by atoms with E-state index in [4.69, 9.17) is 5.73 Å². The molecule has 148 valence electrons. The van der Waals surface area contributed by atoms with E-state index in [1.54, 1.807) is 0 Å². The summed E-state index contributed by atoms with van der Waals surface area (Å²) in [5, 5.41) is 2.95. The molecule has 2 aliphatic rings. The van der Waals surface area contributed by atoms with Gasteiger partial charge in [-0.2, -0.15) is 0 Å². The average Bonchev–Trinajstić information content (AvgIpc) is 2.93. The molecular formula is C24H31N3O. The minimum atomic E-state index is -0.459. The largest absolute Gasteiger partial charge is 0.352 e. The molecule has 2 fully saturated rings. The molecule has 2 amide bonds. The van der Waals surface area contributed by atoms with Gasteiger partial charge in [-0.25, -0.2) is 4.79 Å². The second-order valence-electron chi connectivity index (χ2n) is 8.62. The van der Waals surface area contributed by atoms with Gasteiger partial charge in [-0.3, -0.25) is 0 Å². The van der Waals surface area contributed by atoms with Crippen molar-refractivity contribution < 1.29 is 4.79 Å². The summed E-state index contributed by atoms with van der Waals surface area (Å²) in [6.45, 7) is 0.526. The number of hydrogen-bond acceptors (Lipinski definition) is 2. The van der Waals surface area contributed by atoms with Crippen molar-refractivity contribution in [3.8, 4) is 0 Å². The van der Waals surface area contributed by atoms with Crippen LogP contribution in [0.5, 0.6) is 0 Å². The van der Waals surface area contributed by atoms with Crippen LogP contribution in [0.2, 0.25) is 0 Å². The lowest BCUT2D eigenvalue weighted by molar-refractivity contribution is 0.118. The van der Waals surface area contributed by atoms with Gasteiger partial charge in [0, 0.05) is 24.0 Å². The van der Waals surface area contributed by atoms with Gasteiger partial charge in [0.25, 0.3) is 0 Å². The lowest BCUT2D eigenvalue weighted by Gasteiger charge is -2.43. The molecule has 3 N–H and O–H groups in total. The number of amides is 2. The van der Waals surface area contributed by atoms with Crippen LogP contribution in [0.15, 0.2) is 60.7 Å². The normalized spacial score (nSPS) is 24.8. The van der Waals surface area contributed by atoms with Gasteiger partial charge in [-0.05, 0) is 56.2 Å². The van der Waals surface area contributed by atoms with E-state index in [2.05, 4.69) is 77.9 Å². The van der Waals surface area contributed by atoms with Crippen molar-refractivity contribution in [3.05, 3.63) is 71.8 Å². The Labute approximate surface area is 168 Å². The first-order valence-electron chi connectivity index (χ1n) is 10.4. The first-order chi connectivity index (χ1) is 13.6. The second-order valence-corrected chi connectivity index (χ2v) is 8.62. The maximum atomic E-state index is 11.7. The average molecular weight is 378 g/mol. The molecule has 28 heavy (non-hydrogen) atoms. The van der Waals surface area contributed by atoms with Crippen LogP contribution in [0.4, 0.5) is 4.79 Å². The van der Waals surface area contributed by atoms with Gasteiger partial charge in [0.1, 0.15) is 0 Å². The number of benzene rings is 2. The lowest BCUT2D eigenvalue weighted by atomic mass is 9.67. The number of piperidine rings is 1. The van der Waals surface area contributed by atoms with Crippen molar-refractivity contribution in [1.29, 1.82) is 0 Å². The van der Waals surface area contributed by atoms with Crippen molar-refractivity contribution in [3.63, 3.8) is 0 Å². The lowest BCUT2D eigenvalue weighted by Crippen LogP contribution is -2.47. The number of carbonyl (C=O) groups excluding carboxylic acids is 1. The van der Waals surface area contributed by atoms with E-state index >= 15 is 0 Å². The summed E-state index contributed by atoms with van der Waals surface area (Å²) in [5.74, 6) is 0.642. The fourth-order valence-corrected chi connectivity index (χ4v) is 5.61. The Hall–Kier alpha value is -2.33. The summed E-state index contributed by atoms with van der Waals surface area (Å²) < 4.78 is 0. The van der Waals surface area contributed by atoms with Gasteiger partial charge in [-0.1, -0.05) is 60.7 Å². The van der Waals surface area contributed by atoms with E-state index < -0.39 is 6.03 Å². The van der Waals surface area contributed by atoms with Crippen LogP contribution in [-0.2, 0) is 5.41 Å². The Kier molecular flexibility index (Phi) is 5.40. The van der Waals surface area contributed by atoms with E-state index in [1.165, 1.54) is 36.8 Å². The molecular weight excluding hydrogens is 346 g/mol. The Morgan fingerprint density at radius 2 is 1.50 bits per heavy atom. The first-order valence-corrected chi connectivity index (χ1v) is 10.4. The Morgan fingerprint density at radius 1 is 1.00 bits per heavy atom. The van der Waals surface area contributed by atoms with Gasteiger partial charge in [-0.15, -0.1) is 0 Å². The quantitative estimate of drug-likeness (QED) is 0.802. The monoisotopic (exact) mass is 377 g/mol. The molecule has 4 heteroatoms. The zero-order valence-electron chi connectivity index (χ0n) is 16.7. The molecule has 0 spiro atoms. The Bertz CT molecular complexity index is 739. The van der Waals surface area contributed by atoms with Crippen LogP contribution in [0.1, 0.15) is 43.2 Å². The van der Waals surface area contributed by atoms with Gasteiger partial charge >= 0.3 is 6.03 Å².